The molecule has 13 nitrogen and oxygen atoms in total. The standard InChI is InChI=1S/C28H25F6NO12S2/c29-27(30,31)48(38,39)46-23-22(17-42-15-18-7-3-1-4-8-18)45-26(44-21-13-11-20(12-14-21)35(36)37)25(43-16-19-9-5-2-6-10-19)24(23)47-49(40,41)28(32,33)34/h1-14,22-26H,15-17H2/t22-,23+,24+,25-,26-/m1/s1. The van der Waals surface area contributed by atoms with Gasteiger partial charge < -0.3 is 18.9 Å². The van der Waals surface area contributed by atoms with Crippen LogP contribution in [-0.2, 0) is 56.0 Å². The average Bonchev–Trinajstić information content (AvgIpc) is 3.02. The molecule has 0 amide bonds. The number of nitro benzene ring substituents is 1. The van der Waals surface area contributed by atoms with Gasteiger partial charge in [0.2, 0.25) is 6.29 Å². The first kappa shape index (κ1) is 38.0. The number of non-ortho nitro benzene ring substituents is 1. The maximum absolute atomic E-state index is 13.6. The highest BCUT2D eigenvalue weighted by Crippen LogP contribution is 2.38. The monoisotopic (exact) mass is 745 g/mol. The predicted octanol–water partition coefficient (Wildman–Crippen LogP) is 4.97. The van der Waals surface area contributed by atoms with Crippen LogP contribution in [0, 0.1) is 10.1 Å². The van der Waals surface area contributed by atoms with Crippen molar-refractivity contribution in [2.45, 2.75) is 54.9 Å². The molecule has 49 heavy (non-hydrogen) atoms. The van der Waals surface area contributed by atoms with Gasteiger partial charge in [0.15, 0.2) is 6.10 Å². The van der Waals surface area contributed by atoms with E-state index in [0.717, 1.165) is 24.3 Å². The number of ether oxygens (including phenoxy) is 4. The molecule has 0 radical (unpaired) electrons. The van der Waals surface area contributed by atoms with E-state index in [1.54, 1.807) is 36.4 Å². The van der Waals surface area contributed by atoms with Crippen molar-refractivity contribution in [3.63, 3.8) is 0 Å². The fourth-order valence-electron chi connectivity index (χ4n) is 4.33. The van der Waals surface area contributed by atoms with E-state index in [1.807, 2.05) is 0 Å². The number of hydrogen-bond acceptors (Lipinski definition) is 12. The summed E-state index contributed by atoms with van der Waals surface area (Å²) in [5, 5.41) is 11.1. The molecule has 1 aliphatic rings. The van der Waals surface area contributed by atoms with E-state index in [-0.39, 0.29) is 12.4 Å². The van der Waals surface area contributed by atoms with Gasteiger partial charge in [0, 0.05) is 12.1 Å². The summed E-state index contributed by atoms with van der Waals surface area (Å²) < 4.78 is 162. The van der Waals surface area contributed by atoms with Crippen molar-refractivity contribution in [2.75, 3.05) is 6.61 Å². The highest BCUT2D eigenvalue weighted by molar-refractivity contribution is 7.88. The number of rotatable bonds is 14. The van der Waals surface area contributed by atoms with Crippen LogP contribution >= 0.6 is 0 Å². The summed E-state index contributed by atoms with van der Waals surface area (Å²) in [4.78, 5) is 10.3. The molecule has 268 valence electrons. The third kappa shape index (κ3) is 9.86. The molecule has 1 heterocycles. The zero-order valence-corrected chi connectivity index (χ0v) is 26.2. The highest BCUT2D eigenvalue weighted by atomic mass is 32.2. The van der Waals surface area contributed by atoms with Crippen LogP contribution in [0.2, 0.25) is 0 Å². The fraction of sp³-hybridized carbons (Fsp3) is 0.357. The topological polar surface area (TPSA) is 167 Å². The minimum Gasteiger partial charge on any atom is -0.462 e. The lowest BCUT2D eigenvalue weighted by Crippen LogP contribution is -2.64. The number of halogens is 6. The summed E-state index contributed by atoms with van der Waals surface area (Å²) in [5.74, 6) is -0.271. The Morgan fingerprint density at radius 2 is 1.18 bits per heavy atom. The van der Waals surface area contributed by atoms with Gasteiger partial charge in [-0.2, -0.15) is 43.2 Å². The minimum absolute atomic E-state index is 0.271. The number of nitro groups is 1. The Morgan fingerprint density at radius 3 is 1.67 bits per heavy atom. The van der Waals surface area contributed by atoms with Crippen LogP contribution in [-0.4, -0.2) is 70.1 Å². The molecule has 3 aromatic carbocycles. The van der Waals surface area contributed by atoms with E-state index in [9.17, 15) is 53.3 Å². The average molecular weight is 746 g/mol. The van der Waals surface area contributed by atoms with Crippen LogP contribution in [0.25, 0.3) is 0 Å². The number of benzene rings is 3. The van der Waals surface area contributed by atoms with Gasteiger partial charge in [-0.05, 0) is 23.3 Å². The molecule has 0 bridgehead atoms. The fourth-order valence-corrected chi connectivity index (χ4v) is 5.58. The van der Waals surface area contributed by atoms with E-state index in [1.165, 1.54) is 24.3 Å². The van der Waals surface area contributed by atoms with Crippen LogP contribution in [0.15, 0.2) is 84.9 Å². The number of nitrogens with zero attached hydrogens (tertiary/aromatic N) is 1. The van der Waals surface area contributed by atoms with Crippen molar-refractivity contribution in [1.82, 2.24) is 0 Å². The van der Waals surface area contributed by atoms with Crippen molar-refractivity contribution in [1.29, 1.82) is 0 Å². The lowest BCUT2D eigenvalue weighted by atomic mass is 9.99. The lowest BCUT2D eigenvalue weighted by molar-refractivity contribution is -0.384. The Bertz CT molecular complexity index is 1760. The quantitative estimate of drug-likeness (QED) is 0.0716. The Labute approximate surface area is 274 Å². The Morgan fingerprint density at radius 1 is 0.694 bits per heavy atom. The van der Waals surface area contributed by atoms with Crippen LogP contribution in [0.4, 0.5) is 32.0 Å². The molecule has 4 rings (SSSR count). The van der Waals surface area contributed by atoms with Gasteiger partial charge in [-0.15, -0.1) is 0 Å². The van der Waals surface area contributed by atoms with Crippen LogP contribution in [0.3, 0.4) is 0 Å². The third-order valence-electron chi connectivity index (χ3n) is 6.61. The first-order valence-electron chi connectivity index (χ1n) is 13.7. The molecular weight excluding hydrogens is 720 g/mol. The Balaban J connectivity index is 1.81. The van der Waals surface area contributed by atoms with Gasteiger partial charge in [-0.3, -0.25) is 18.5 Å². The molecule has 0 aliphatic carbocycles. The van der Waals surface area contributed by atoms with E-state index < -0.39 is 85.8 Å². The maximum atomic E-state index is 13.6. The summed E-state index contributed by atoms with van der Waals surface area (Å²) in [5.41, 5.74) is -11.9. The molecule has 1 aliphatic heterocycles. The smallest absolute Gasteiger partial charge is 0.462 e. The Kier molecular flexibility index (Phi) is 11.9. The lowest BCUT2D eigenvalue weighted by Gasteiger charge is -2.44. The second kappa shape index (κ2) is 15.4. The SMILES string of the molecule is O=[N+]([O-])c1ccc(O[C@@H]2O[C@H](COCc3ccccc3)[C@H](OS(=O)(=O)C(F)(F)F)[C@H](OS(=O)(=O)C(F)(F)F)[C@H]2OCc2ccccc2)cc1. The van der Waals surface area contributed by atoms with Crippen LogP contribution in [0.5, 0.6) is 5.75 Å². The van der Waals surface area contributed by atoms with Crippen molar-refractivity contribution in [2.24, 2.45) is 0 Å². The van der Waals surface area contributed by atoms with E-state index in [0.29, 0.717) is 11.1 Å². The van der Waals surface area contributed by atoms with Gasteiger partial charge in [-0.25, -0.2) is 0 Å². The maximum Gasteiger partial charge on any atom is 0.523 e. The molecule has 0 saturated carbocycles. The van der Waals surface area contributed by atoms with E-state index >= 15 is 0 Å². The molecular formula is C28H25F6NO12S2. The van der Waals surface area contributed by atoms with E-state index in [4.69, 9.17) is 18.9 Å². The summed E-state index contributed by atoms with van der Waals surface area (Å²) in [6.07, 6.45) is -12.1. The normalized spacial score (nSPS) is 22.0. The second-order valence-electron chi connectivity index (χ2n) is 10.1. The molecule has 1 fully saturated rings. The van der Waals surface area contributed by atoms with Gasteiger partial charge >= 0.3 is 31.3 Å². The van der Waals surface area contributed by atoms with Gasteiger partial charge in [0.25, 0.3) is 5.69 Å². The molecule has 0 unspecified atom stereocenters. The van der Waals surface area contributed by atoms with Crippen LogP contribution in [0.1, 0.15) is 11.1 Å². The largest absolute Gasteiger partial charge is 0.523 e. The number of hydrogen-bond donors (Lipinski definition) is 0. The molecule has 0 aromatic heterocycles. The molecule has 21 heteroatoms. The second-order valence-corrected chi connectivity index (χ2v) is 13.2. The van der Waals surface area contributed by atoms with Crippen molar-refractivity contribution in [3.05, 3.63) is 106 Å². The third-order valence-corrected chi connectivity index (χ3v) is 8.70. The zero-order valence-electron chi connectivity index (χ0n) is 24.5. The number of alkyl halides is 6. The molecule has 0 N–H and O–H groups in total. The first-order chi connectivity index (χ1) is 22.9. The molecule has 0 spiro atoms. The van der Waals surface area contributed by atoms with Gasteiger partial charge in [0.1, 0.15) is 24.1 Å². The summed E-state index contributed by atoms with van der Waals surface area (Å²) in [7, 11) is -13.4. The Hall–Kier alpha value is -3.86. The molecule has 1 saturated heterocycles. The van der Waals surface area contributed by atoms with Gasteiger partial charge in [0.05, 0.1) is 24.7 Å². The minimum atomic E-state index is -6.70. The zero-order chi connectivity index (χ0) is 36.0. The summed E-state index contributed by atoms with van der Waals surface area (Å²) in [6, 6.07) is 19.5. The van der Waals surface area contributed by atoms with Crippen molar-refractivity contribution < 1.29 is 75.4 Å². The highest BCUT2D eigenvalue weighted by Gasteiger charge is 2.59. The van der Waals surface area contributed by atoms with Gasteiger partial charge in [-0.1, -0.05) is 60.7 Å². The summed E-state index contributed by atoms with van der Waals surface area (Å²) in [6.45, 7) is -1.77. The molecule has 5 atom stereocenters. The van der Waals surface area contributed by atoms with E-state index in [2.05, 4.69) is 8.37 Å². The molecule has 3 aromatic rings. The first-order valence-corrected chi connectivity index (χ1v) is 16.5. The van der Waals surface area contributed by atoms with Crippen LogP contribution < -0.4 is 4.74 Å². The van der Waals surface area contributed by atoms with Crippen molar-refractivity contribution in [3.8, 4) is 5.75 Å². The predicted molar refractivity (Wildman–Crippen MR) is 153 cm³/mol. The summed E-state index contributed by atoms with van der Waals surface area (Å²) >= 11 is 0. The van der Waals surface area contributed by atoms with Crippen molar-refractivity contribution >= 4 is 25.9 Å².